The number of anilines is 1. The molecule has 2 N–H and O–H groups in total. The van der Waals surface area contributed by atoms with E-state index >= 15 is 0 Å². The minimum Gasteiger partial charge on any atom is -0.465 e. The summed E-state index contributed by atoms with van der Waals surface area (Å²) >= 11 is 1.44. The summed E-state index contributed by atoms with van der Waals surface area (Å²) in [7, 11) is 1.36. The lowest BCUT2D eigenvalue weighted by molar-refractivity contribution is 0.0602. The first-order chi connectivity index (χ1) is 8.63. The SMILES string of the molecule is COC(=O)c1cc([C@H](C)c2ccccc2)sc1N. The monoisotopic (exact) mass is 261 g/mol. The molecule has 0 bridgehead atoms. The molecule has 2 aromatic rings. The summed E-state index contributed by atoms with van der Waals surface area (Å²) in [6.07, 6.45) is 0. The van der Waals surface area contributed by atoms with E-state index in [-0.39, 0.29) is 11.9 Å². The van der Waals surface area contributed by atoms with Crippen LogP contribution in [0.1, 0.15) is 33.6 Å². The first-order valence-corrected chi connectivity index (χ1v) is 6.47. The molecule has 4 heteroatoms. The van der Waals surface area contributed by atoms with Gasteiger partial charge in [-0.3, -0.25) is 0 Å². The van der Waals surface area contributed by atoms with Crippen molar-refractivity contribution in [1.82, 2.24) is 0 Å². The second kappa shape index (κ2) is 5.23. The molecule has 0 saturated heterocycles. The molecule has 1 atom stereocenters. The summed E-state index contributed by atoms with van der Waals surface area (Å²) in [4.78, 5) is 12.6. The predicted molar refractivity (Wildman–Crippen MR) is 74.0 cm³/mol. The third kappa shape index (κ3) is 2.38. The number of benzene rings is 1. The second-order valence-corrected chi connectivity index (χ2v) is 5.17. The molecule has 0 amide bonds. The third-order valence-electron chi connectivity index (χ3n) is 2.91. The van der Waals surface area contributed by atoms with Crippen LogP contribution in [0.2, 0.25) is 0 Å². The molecule has 0 aliphatic rings. The van der Waals surface area contributed by atoms with Gasteiger partial charge < -0.3 is 10.5 Å². The van der Waals surface area contributed by atoms with Crippen molar-refractivity contribution >= 4 is 22.3 Å². The number of hydrogen-bond donors (Lipinski definition) is 1. The van der Waals surface area contributed by atoms with Gasteiger partial charge in [-0.1, -0.05) is 37.3 Å². The fraction of sp³-hybridized carbons (Fsp3) is 0.214. The molecule has 3 nitrogen and oxygen atoms in total. The van der Waals surface area contributed by atoms with Gasteiger partial charge in [0, 0.05) is 10.8 Å². The minimum atomic E-state index is -0.379. The quantitative estimate of drug-likeness (QED) is 0.863. The van der Waals surface area contributed by atoms with E-state index in [0.29, 0.717) is 10.6 Å². The van der Waals surface area contributed by atoms with Crippen molar-refractivity contribution < 1.29 is 9.53 Å². The van der Waals surface area contributed by atoms with E-state index < -0.39 is 0 Å². The summed E-state index contributed by atoms with van der Waals surface area (Å²) < 4.78 is 4.70. The largest absolute Gasteiger partial charge is 0.465 e. The number of carbonyl (C=O) groups excluding carboxylic acids is 1. The van der Waals surface area contributed by atoms with Crippen LogP contribution in [0.5, 0.6) is 0 Å². The van der Waals surface area contributed by atoms with Gasteiger partial charge in [0.25, 0.3) is 0 Å². The Bertz CT molecular complexity index is 548. The van der Waals surface area contributed by atoms with Gasteiger partial charge >= 0.3 is 5.97 Å². The van der Waals surface area contributed by atoms with E-state index in [1.54, 1.807) is 0 Å². The summed E-state index contributed by atoms with van der Waals surface area (Å²) in [5.74, 6) is -0.160. The third-order valence-corrected chi connectivity index (χ3v) is 4.06. The van der Waals surface area contributed by atoms with Crippen LogP contribution < -0.4 is 5.73 Å². The van der Waals surface area contributed by atoms with Gasteiger partial charge in [0.05, 0.1) is 12.7 Å². The van der Waals surface area contributed by atoms with Crippen LogP contribution in [0.25, 0.3) is 0 Å². The van der Waals surface area contributed by atoms with E-state index in [0.717, 1.165) is 4.88 Å². The molecule has 94 valence electrons. The number of hydrogen-bond acceptors (Lipinski definition) is 4. The first-order valence-electron chi connectivity index (χ1n) is 5.66. The van der Waals surface area contributed by atoms with Crippen molar-refractivity contribution in [3.05, 3.63) is 52.4 Å². The number of thiophene rings is 1. The lowest BCUT2D eigenvalue weighted by Gasteiger charge is -2.08. The van der Waals surface area contributed by atoms with Crippen molar-refractivity contribution in [3.63, 3.8) is 0 Å². The van der Waals surface area contributed by atoms with Crippen LogP contribution in [-0.4, -0.2) is 13.1 Å². The molecule has 0 fully saturated rings. The fourth-order valence-electron chi connectivity index (χ4n) is 1.81. The van der Waals surface area contributed by atoms with E-state index in [4.69, 9.17) is 10.5 Å². The molecule has 0 saturated carbocycles. The Morgan fingerprint density at radius 2 is 2.00 bits per heavy atom. The summed E-state index contributed by atoms with van der Waals surface area (Å²) in [6, 6.07) is 12.0. The van der Waals surface area contributed by atoms with Crippen molar-refractivity contribution in [1.29, 1.82) is 0 Å². The predicted octanol–water partition coefficient (Wildman–Crippen LogP) is 3.27. The minimum absolute atomic E-state index is 0.219. The number of ether oxygens (including phenoxy) is 1. The van der Waals surface area contributed by atoms with Crippen LogP contribution in [0.15, 0.2) is 36.4 Å². The van der Waals surface area contributed by atoms with E-state index in [9.17, 15) is 4.79 Å². The highest BCUT2D eigenvalue weighted by atomic mass is 32.1. The van der Waals surface area contributed by atoms with Gasteiger partial charge in [0.15, 0.2) is 0 Å². The second-order valence-electron chi connectivity index (χ2n) is 4.05. The number of carbonyl (C=O) groups is 1. The Hall–Kier alpha value is -1.81. The van der Waals surface area contributed by atoms with Gasteiger partial charge in [-0.25, -0.2) is 4.79 Å². The van der Waals surface area contributed by atoms with Crippen LogP contribution in [0, 0.1) is 0 Å². The average Bonchev–Trinajstić information content (AvgIpc) is 2.80. The van der Waals surface area contributed by atoms with Crippen LogP contribution in [0.4, 0.5) is 5.00 Å². The number of methoxy groups -OCH3 is 1. The van der Waals surface area contributed by atoms with Crippen molar-refractivity contribution in [2.24, 2.45) is 0 Å². The molecule has 2 rings (SSSR count). The Labute approximate surface area is 110 Å². The van der Waals surface area contributed by atoms with E-state index in [1.165, 1.54) is 24.0 Å². The highest BCUT2D eigenvalue weighted by Crippen LogP contribution is 2.34. The maximum absolute atomic E-state index is 11.5. The standard InChI is InChI=1S/C14H15NO2S/c1-9(10-6-4-3-5-7-10)12-8-11(13(15)18-12)14(16)17-2/h3-9H,15H2,1-2H3/t9-/m1/s1. The van der Waals surface area contributed by atoms with Crippen LogP contribution >= 0.6 is 11.3 Å². The normalized spacial score (nSPS) is 12.1. The molecule has 0 unspecified atom stereocenters. The highest BCUT2D eigenvalue weighted by Gasteiger charge is 2.18. The highest BCUT2D eigenvalue weighted by molar-refractivity contribution is 7.16. The Balaban J connectivity index is 2.32. The lowest BCUT2D eigenvalue weighted by atomic mass is 9.99. The number of nitrogens with two attached hydrogens (primary N) is 1. The smallest absolute Gasteiger partial charge is 0.340 e. The molecule has 1 aromatic heterocycles. The van der Waals surface area contributed by atoms with Gasteiger partial charge in [0.1, 0.15) is 5.00 Å². The topological polar surface area (TPSA) is 52.3 Å². The fourth-order valence-corrected chi connectivity index (χ4v) is 2.81. The molecule has 0 spiro atoms. The van der Waals surface area contributed by atoms with E-state index in [1.807, 2.05) is 24.3 Å². The lowest BCUT2D eigenvalue weighted by Crippen LogP contribution is -2.02. The zero-order valence-corrected chi connectivity index (χ0v) is 11.2. The van der Waals surface area contributed by atoms with Gasteiger partial charge in [0.2, 0.25) is 0 Å². The zero-order chi connectivity index (χ0) is 13.1. The van der Waals surface area contributed by atoms with Gasteiger partial charge in [-0.05, 0) is 11.6 Å². The van der Waals surface area contributed by atoms with Crippen molar-refractivity contribution in [3.8, 4) is 0 Å². The summed E-state index contributed by atoms with van der Waals surface area (Å²) in [5.41, 5.74) is 7.51. The van der Waals surface area contributed by atoms with E-state index in [2.05, 4.69) is 19.1 Å². The van der Waals surface area contributed by atoms with Crippen LogP contribution in [-0.2, 0) is 4.74 Å². The maximum atomic E-state index is 11.5. The molecule has 1 heterocycles. The number of rotatable bonds is 3. The first kappa shape index (κ1) is 12.6. The summed E-state index contributed by atoms with van der Waals surface area (Å²) in [6.45, 7) is 2.10. The van der Waals surface area contributed by atoms with Crippen LogP contribution in [0.3, 0.4) is 0 Å². The molecule has 1 aromatic carbocycles. The van der Waals surface area contributed by atoms with Crippen molar-refractivity contribution in [2.75, 3.05) is 12.8 Å². The summed E-state index contributed by atoms with van der Waals surface area (Å²) in [5, 5.41) is 0.514. The molecule has 18 heavy (non-hydrogen) atoms. The van der Waals surface area contributed by atoms with Gasteiger partial charge in [-0.15, -0.1) is 11.3 Å². The molecular weight excluding hydrogens is 246 g/mol. The van der Waals surface area contributed by atoms with Crippen molar-refractivity contribution in [2.45, 2.75) is 12.8 Å². The molecule has 0 radical (unpaired) electrons. The van der Waals surface area contributed by atoms with Gasteiger partial charge in [-0.2, -0.15) is 0 Å². The number of esters is 1. The maximum Gasteiger partial charge on any atom is 0.340 e. The zero-order valence-electron chi connectivity index (χ0n) is 10.3. The Morgan fingerprint density at radius 3 is 2.61 bits per heavy atom. The number of nitrogen functional groups attached to an aromatic ring is 1. The Kier molecular flexibility index (Phi) is 3.67. The Morgan fingerprint density at radius 1 is 1.33 bits per heavy atom. The molecular formula is C14H15NO2S. The average molecular weight is 261 g/mol. The molecule has 0 aliphatic heterocycles. The molecule has 0 aliphatic carbocycles.